The molecule has 0 aliphatic heterocycles. The van der Waals surface area contributed by atoms with Gasteiger partial charge in [-0.05, 0) is 70.5 Å². The molecule has 6 aromatic heterocycles. The minimum absolute atomic E-state index is 0. The van der Waals surface area contributed by atoms with E-state index in [0.717, 1.165) is 32.9 Å². The van der Waals surface area contributed by atoms with E-state index in [-0.39, 0.29) is 40.8 Å². The van der Waals surface area contributed by atoms with E-state index in [4.69, 9.17) is 29.7 Å². The van der Waals surface area contributed by atoms with Crippen molar-refractivity contribution >= 4 is 41.3 Å². The van der Waals surface area contributed by atoms with E-state index in [1.165, 1.54) is 18.4 Å². The van der Waals surface area contributed by atoms with Gasteiger partial charge in [0.2, 0.25) is 17.3 Å². The van der Waals surface area contributed by atoms with E-state index in [2.05, 4.69) is 47.9 Å². The second-order valence-corrected chi connectivity index (χ2v) is 9.68. The van der Waals surface area contributed by atoms with Crippen molar-refractivity contribution in [3.8, 4) is 34.4 Å². The molecule has 0 spiro atoms. The number of ether oxygens (including phenoxy) is 2. The molecule has 0 atom stereocenters. The Morgan fingerprint density at radius 1 is 0.875 bits per heavy atom. The van der Waals surface area contributed by atoms with Crippen molar-refractivity contribution in [1.29, 1.82) is 0 Å². The van der Waals surface area contributed by atoms with Crippen LogP contribution in [0.3, 0.4) is 0 Å². The summed E-state index contributed by atoms with van der Waals surface area (Å²) in [5.74, 6) is 3.65. The van der Waals surface area contributed by atoms with Gasteiger partial charge in [0.1, 0.15) is 17.2 Å². The molecular formula is C32H35BBrFN3NaO8S. The summed E-state index contributed by atoms with van der Waals surface area (Å²) in [5, 5.41) is 16.7. The number of nitrogens with one attached hydrogen (secondary N) is 1. The summed E-state index contributed by atoms with van der Waals surface area (Å²) in [7, 11) is 0.704. The average molecular weight is 755 g/mol. The summed E-state index contributed by atoms with van der Waals surface area (Å²) in [6.07, 6.45) is 9.66. The van der Waals surface area contributed by atoms with Crippen molar-refractivity contribution in [1.82, 2.24) is 15.0 Å². The SMILES string of the molecule is CC[S-].COc1ccc(-c2ccco2)cn1.COc1ccc(Br)cn1.O=c1ccc(-c2ccco2)c[nH]1.OB(O)c1ccco1.[2H]CF.[Na+]. The summed E-state index contributed by atoms with van der Waals surface area (Å²) in [6.45, 7) is 1.94. The first-order valence-electron chi connectivity index (χ1n) is 14.2. The predicted octanol–water partition coefficient (Wildman–Crippen LogP) is 2.94. The first kappa shape index (κ1) is 42.5. The number of H-pyrrole nitrogens is 1. The summed E-state index contributed by atoms with van der Waals surface area (Å²) in [5.41, 5.74) is 1.89. The fraction of sp³-hybridized carbons (Fsp3) is 0.156. The van der Waals surface area contributed by atoms with Gasteiger partial charge in [0, 0.05) is 52.4 Å². The van der Waals surface area contributed by atoms with Gasteiger partial charge in [0.15, 0.2) is 0 Å². The van der Waals surface area contributed by atoms with Gasteiger partial charge in [-0.1, -0.05) is 6.92 Å². The molecule has 6 heterocycles. The fourth-order valence-corrected chi connectivity index (χ4v) is 3.25. The summed E-state index contributed by atoms with van der Waals surface area (Å²) in [6, 6.07) is 21.0. The van der Waals surface area contributed by atoms with Gasteiger partial charge < -0.3 is 50.4 Å². The van der Waals surface area contributed by atoms with E-state index < -0.39 is 14.3 Å². The number of pyridine rings is 3. The Morgan fingerprint density at radius 3 is 1.73 bits per heavy atom. The number of rotatable bonds is 5. The molecule has 6 aromatic rings. The smallest absolute Gasteiger partial charge is 0.793 e. The first-order chi connectivity index (χ1) is 23.2. The quantitative estimate of drug-likeness (QED) is 0.176. The van der Waals surface area contributed by atoms with E-state index in [1.807, 2.05) is 37.3 Å². The van der Waals surface area contributed by atoms with Gasteiger partial charge in [0.25, 0.3) is 0 Å². The van der Waals surface area contributed by atoms with Gasteiger partial charge in [0.05, 0.1) is 41.5 Å². The average Bonchev–Trinajstić information content (AvgIpc) is 3.92. The largest absolute Gasteiger partial charge is 1.00 e. The van der Waals surface area contributed by atoms with Gasteiger partial charge in [-0.3, -0.25) is 9.18 Å². The summed E-state index contributed by atoms with van der Waals surface area (Å²) < 4.78 is 41.2. The Labute approximate surface area is 315 Å². The van der Waals surface area contributed by atoms with Gasteiger partial charge in [-0.15, -0.1) is 0 Å². The molecule has 0 unspecified atom stereocenters. The van der Waals surface area contributed by atoms with Crippen LogP contribution in [0.5, 0.6) is 11.8 Å². The summed E-state index contributed by atoms with van der Waals surface area (Å²) in [4.78, 5) is 21.3. The first-order valence-corrected chi connectivity index (χ1v) is 14.8. The second kappa shape index (κ2) is 27.4. The molecule has 0 radical (unpaired) electrons. The van der Waals surface area contributed by atoms with Crippen LogP contribution in [0.4, 0.5) is 4.39 Å². The standard InChI is InChI=1S/C10H9NO2.C9H7NO2.C6H6BrNO.C4H5BO3.C2H6S.CH3F.Na/c1-12-10-5-4-8(7-11-10)9-3-2-6-13-9;11-9-4-3-7(6-10-9)8-2-1-5-12-8;1-9-6-3-2-5(7)4-8-6;6-5(7)4-2-1-3-8-4;1-2-3;1-2;/h2-7H,1H3;1-6H,(H,10,11);2-4H,1H3;1-3,6-7H;3H,2H2,1H3;1H3;/q;;;;;;+1/p-1/i;;;;;1D;. The van der Waals surface area contributed by atoms with Crippen molar-refractivity contribution in [2.75, 3.05) is 27.1 Å². The van der Waals surface area contributed by atoms with E-state index >= 15 is 0 Å². The number of aromatic nitrogens is 3. The molecule has 6 rings (SSSR count). The Kier molecular flexibility index (Phi) is 24.2. The molecule has 250 valence electrons. The number of furan rings is 3. The Balaban J connectivity index is 0.000000599. The van der Waals surface area contributed by atoms with Gasteiger partial charge >= 0.3 is 36.7 Å². The number of nitrogens with zero attached hydrogens (tertiary/aromatic N) is 2. The zero-order chi connectivity index (χ0) is 35.6. The van der Waals surface area contributed by atoms with Crippen LogP contribution in [-0.4, -0.2) is 59.2 Å². The maximum Gasteiger partial charge on any atom is 1.00 e. The molecule has 0 amide bonds. The van der Waals surface area contributed by atoms with Crippen LogP contribution in [-0.2, 0) is 12.6 Å². The number of hydrogen-bond acceptors (Lipinski definition) is 11. The van der Waals surface area contributed by atoms with Crippen LogP contribution in [0.2, 0.25) is 0 Å². The number of aromatic amines is 1. The third-order valence-corrected chi connectivity index (χ3v) is 5.52. The van der Waals surface area contributed by atoms with Crippen LogP contribution in [0.25, 0.3) is 22.6 Å². The predicted molar refractivity (Wildman–Crippen MR) is 185 cm³/mol. The number of halogens is 2. The maximum absolute atomic E-state index is 10.7. The van der Waals surface area contributed by atoms with Crippen molar-refractivity contribution in [3.63, 3.8) is 0 Å². The monoisotopic (exact) mass is 754 g/mol. The van der Waals surface area contributed by atoms with Gasteiger partial charge in [-0.2, -0.15) is 5.75 Å². The number of hydrogen-bond donors (Lipinski definition) is 3. The third kappa shape index (κ3) is 18.1. The normalized spacial score (nSPS) is 9.21. The van der Waals surface area contributed by atoms with Crippen molar-refractivity contribution in [3.05, 3.63) is 125 Å². The topological polar surface area (TPSA) is 157 Å². The fourth-order valence-electron chi connectivity index (χ4n) is 3.02. The van der Waals surface area contributed by atoms with E-state index in [0.29, 0.717) is 11.8 Å². The molecule has 0 bridgehead atoms. The minimum Gasteiger partial charge on any atom is -0.793 e. The molecule has 11 nitrogen and oxygen atoms in total. The molecule has 0 aliphatic carbocycles. The van der Waals surface area contributed by atoms with Gasteiger partial charge in [-0.25, -0.2) is 9.97 Å². The zero-order valence-corrected chi connectivity index (χ0v) is 31.2. The molecule has 3 N–H and O–H groups in total. The maximum atomic E-state index is 10.7. The number of methoxy groups -OCH3 is 2. The van der Waals surface area contributed by atoms with Crippen LogP contribution < -0.4 is 50.2 Å². The molecule has 0 saturated carbocycles. The molecule has 0 aromatic carbocycles. The Hall–Kier alpha value is -3.57. The molecular weight excluding hydrogens is 719 g/mol. The van der Waals surface area contributed by atoms with E-state index in [1.54, 1.807) is 75.7 Å². The van der Waals surface area contributed by atoms with E-state index in [9.17, 15) is 9.18 Å². The zero-order valence-electron chi connectivity index (χ0n) is 27.8. The van der Waals surface area contributed by atoms with Crippen molar-refractivity contribution in [2.24, 2.45) is 0 Å². The number of alkyl halides is 1. The Morgan fingerprint density at radius 2 is 1.38 bits per heavy atom. The molecule has 16 heteroatoms. The van der Waals surface area contributed by atoms with Crippen LogP contribution in [0.1, 0.15) is 8.29 Å². The van der Waals surface area contributed by atoms with Crippen LogP contribution in [0.15, 0.2) is 133 Å². The third-order valence-electron chi connectivity index (χ3n) is 5.05. The second-order valence-electron chi connectivity index (χ2n) is 8.18. The molecule has 0 fully saturated rings. The van der Waals surface area contributed by atoms with Crippen molar-refractivity contribution < 1.29 is 68.1 Å². The van der Waals surface area contributed by atoms with Crippen molar-refractivity contribution in [2.45, 2.75) is 6.92 Å². The summed E-state index contributed by atoms with van der Waals surface area (Å²) >= 11 is 7.65. The minimum atomic E-state index is -1.48. The van der Waals surface area contributed by atoms with Crippen LogP contribution >= 0.6 is 15.9 Å². The molecule has 0 aliphatic rings. The Bertz CT molecular complexity index is 1630. The van der Waals surface area contributed by atoms with Crippen LogP contribution in [0, 0.1) is 0 Å². The molecule has 0 saturated heterocycles. The molecule has 48 heavy (non-hydrogen) atoms.